The number of carboxylic acids is 1. The van der Waals surface area contributed by atoms with Crippen molar-refractivity contribution in [1.29, 1.82) is 0 Å². The SMILES string of the molecule is CCC1CCN(C(=O)CCn2cccn2)C(C(=O)O)C1. The fourth-order valence-electron chi connectivity index (χ4n) is 2.73. The van der Waals surface area contributed by atoms with Gasteiger partial charge in [0, 0.05) is 31.9 Å². The number of aryl methyl sites for hydroxylation is 1. The Hall–Kier alpha value is -1.85. The van der Waals surface area contributed by atoms with Crippen molar-refractivity contribution in [1.82, 2.24) is 14.7 Å². The van der Waals surface area contributed by atoms with Gasteiger partial charge in [0.05, 0.1) is 0 Å². The minimum atomic E-state index is -0.893. The van der Waals surface area contributed by atoms with Crippen LogP contribution in [0.25, 0.3) is 0 Å². The molecule has 2 unspecified atom stereocenters. The Morgan fingerprint density at radius 1 is 1.45 bits per heavy atom. The summed E-state index contributed by atoms with van der Waals surface area (Å²) in [5.41, 5.74) is 0. The standard InChI is InChI=1S/C14H21N3O3/c1-2-11-4-9-17(12(10-11)14(19)20)13(18)5-8-16-7-3-6-15-16/h3,6-7,11-12H,2,4-5,8-10H2,1H3,(H,19,20). The first-order valence-corrected chi connectivity index (χ1v) is 7.11. The summed E-state index contributed by atoms with van der Waals surface area (Å²) in [6.07, 6.45) is 6.19. The molecule has 1 saturated heterocycles. The molecule has 1 fully saturated rings. The molecule has 0 bridgehead atoms. The number of rotatable bonds is 5. The van der Waals surface area contributed by atoms with Crippen LogP contribution in [0.4, 0.5) is 0 Å². The molecule has 1 aliphatic rings. The van der Waals surface area contributed by atoms with E-state index in [4.69, 9.17) is 0 Å². The van der Waals surface area contributed by atoms with Crippen molar-refractivity contribution in [3.8, 4) is 0 Å². The van der Waals surface area contributed by atoms with E-state index in [2.05, 4.69) is 12.0 Å². The van der Waals surface area contributed by atoms with Crippen molar-refractivity contribution >= 4 is 11.9 Å². The van der Waals surface area contributed by atoms with Crippen LogP contribution in [0.2, 0.25) is 0 Å². The van der Waals surface area contributed by atoms with Gasteiger partial charge in [-0.05, 0) is 24.8 Å². The quantitative estimate of drug-likeness (QED) is 0.883. The van der Waals surface area contributed by atoms with E-state index in [1.165, 1.54) is 4.90 Å². The fraction of sp³-hybridized carbons (Fsp3) is 0.643. The van der Waals surface area contributed by atoms with Gasteiger partial charge in [0.1, 0.15) is 6.04 Å². The van der Waals surface area contributed by atoms with E-state index < -0.39 is 12.0 Å². The van der Waals surface area contributed by atoms with E-state index in [0.29, 0.717) is 31.8 Å². The lowest BCUT2D eigenvalue weighted by molar-refractivity contribution is -0.153. The largest absolute Gasteiger partial charge is 0.480 e. The Bertz CT molecular complexity index is 458. The average molecular weight is 279 g/mol. The molecule has 1 N–H and O–H groups in total. The molecule has 1 aromatic rings. The topological polar surface area (TPSA) is 75.4 Å². The predicted molar refractivity (Wildman–Crippen MR) is 73.0 cm³/mol. The first-order valence-electron chi connectivity index (χ1n) is 7.11. The number of hydrogen-bond acceptors (Lipinski definition) is 3. The van der Waals surface area contributed by atoms with Gasteiger partial charge in [-0.15, -0.1) is 0 Å². The van der Waals surface area contributed by atoms with Gasteiger partial charge in [0.25, 0.3) is 0 Å². The van der Waals surface area contributed by atoms with Gasteiger partial charge in [-0.3, -0.25) is 9.48 Å². The highest BCUT2D eigenvalue weighted by atomic mass is 16.4. The summed E-state index contributed by atoms with van der Waals surface area (Å²) in [6.45, 7) is 3.11. The van der Waals surface area contributed by atoms with E-state index >= 15 is 0 Å². The second-order valence-electron chi connectivity index (χ2n) is 5.26. The first kappa shape index (κ1) is 14.6. The number of nitrogens with zero attached hydrogens (tertiary/aromatic N) is 3. The number of piperidine rings is 1. The summed E-state index contributed by atoms with van der Waals surface area (Å²) < 4.78 is 1.69. The predicted octanol–water partition coefficient (Wildman–Crippen LogP) is 1.38. The summed E-state index contributed by atoms with van der Waals surface area (Å²) >= 11 is 0. The smallest absolute Gasteiger partial charge is 0.326 e. The van der Waals surface area contributed by atoms with Gasteiger partial charge in [0.2, 0.25) is 5.91 Å². The normalized spacial score (nSPS) is 22.8. The van der Waals surface area contributed by atoms with Crippen LogP contribution in [-0.4, -0.2) is 44.3 Å². The van der Waals surface area contributed by atoms with Gasteiger partial charge in [-0.25, -0.2) is 4.79 Å². The van der Waals surface area contributed by atoms with Crippen LogP contribution in [0.15, 0.2) is 18.5 Å². The van der Waals surface area contributed by atoms with E-state index in [1.54, 1.807) is 23.1 Å². The molecule has 2 rings (SSSR count). The first-order chi connectivity index (χ1) is 9.61. The number of amides is 1. The molecular formula is C14H21N3O3. The Morgan fingerprint density at radius 2 is 2.25 bits per heavy atom. The molecule has 0 spiro atoms. The lowest BCUT2D eigenvalue weighted by Gasteiger charge is -2.37. The van der Waals surface area contributed by atoms with Crippen LogP contribution < -0.4 is 0 Å². The van der Waals surface area contributed by atoms with Crippen molar-refractivity contribution in [3.63, 3.8) is 0 Å². The fourth-order valence-corrected chi connectivity index (χ4v) is 2.73. The Kier molecular flexibility index (Phi) is 4.76. The number of carboxylic acid groups (broad SMARTS) is 1. The van der Waals surface area contributed by atoms with E-state index in [9.17, 15) is 14.7 Å². The number of hydrogen-bond donors (Lipinski definition) is 1. The van der Waals surface area contributed by atoms with E-state index in [-0.39, 0.29) is 5.91 Å². The zero-order chi connectivity index (χ0) is 14.5. The average Bonchev–Trinajstić information content (AvgIpc) is 2.97. The van der Waals surface area contributed by atoms with Crippen molar-refractivity contribution in [2.45, 2.75) is 45.2 Å². The number of aromatic nitrogens is 2. The number of likely N-dealkylation sites (tertiary alicyclic amines) is 1. The van der Waals surface area contributed by atoms with Crippen LogP contribution in [0.1, 0.15) is 32.6 Å². The number of carbonyl (C=O) groups excluding carboxylic acids is 1. The lowest BCUT2D eigenvalue weighted by Crippen LogP contribution is -2.50. The summed E-state index contributed by atoms with van der Waals surface area (Å²) in [5, 5.41) is 13.4. The highest BCUT2D eigenvalue weighted by Crippen LogP contribution is 2.26. The molecule has 1 aromatic heterocycles. The Morgan fingerprint density at radius 3 is 2.85 bits per heavy atom. The summed E-state index contributed by atoms with van der Waals surface area (Å²) in [6, 6.07) is 1.14. The van der Waals surface area contributed by atoms with Crippen LogP contribution in [-0.2, 0) is 16.1 Å². The third kappa shape index (κ3) is 3.37. The zero-order valence-electron chi connectivity index (χ0n) is 11.7. The number of aliphatic carboxylic acids is 1. The van der Waals surface area contributed by atoms with E-state index in [1.807, 2.05) is 0 Å². The second kappa shape index (κ2) is 6.54. The van der Waals surface area contributed by atoms with Crippen LogP contribution >= 0.6 is 0 Å². The molecule has 0 radical (unpaired) electrons. The molecule has 2 atom stereocenters. The van der Waals surface area contributed by atoms with Gasteiger partial charge in [-0.2, -0.15) is 5.10 Å². The third-order valence-electron chi connectivity index (χ3n) is 4.01. The Labute approximate surface area is 118 Å². The monoisotopic (exact) mass is 279 g/mol. The van der Waals surface area contributed by atoms with Crippen LogP contribution in [0.3, 0.4) is 0 Å². The molecule has 0 aliphatic carbocycles. The maximum Gasteiger partial charge on any atom is 0.326 e. The number of carbonyl (C=O) groups is 2. The third-order valence-corrected chi connectivity index (χ3v) is 4.01. The highest BCUT2D eigenvalue weighted by Gasteiger charge is 2.35. The van der Waals surface area contributed by atoms with Crippen molar-refractivity contribution in [2.24, 2.45) is 5.92 Å². The van der Waals surface area contributed by atoms with Crippen LogP contribution in [0, 0.1) is 5.92 Å². The minimum Gasteiger partial charge on any atom is -0.480 e. The van der Waals surface area contributed by atoms with Gasteiger partial charge < -0.3 is 10.0 Å². The highest BCUT2D eigenvalue weighted by molar-refractivity contribution is 5.83. The summed E-state index contributed by atoms with van der Waals surface area (Å²) in [7, 11) is 0. The molecule has 0 saturated carbocycles. The molecule has 6 heteroatoms. The van der Waals surface area contributed by atoms with Crippen molar-refractivity contribution < 1.29 is 14.7 Å². The Balaban J connectivity index is 1.94. The second-order valence-corrected chi connectivity index (χ2v) is 5.26. The van der Waals surface area contributed by atoms with Gasteiger partial charge in [-0.1, -0.05) is 13.3 Å². The molecule has 0 aromatic carbocycles. The maximum absolute atomic E-state index is 12.2. The molecular weight excluding hydrogens is 258 g/mol. The summed E-state index contributed by atoms with van der Waals surface area (Å²) in [4.78, 5) is 25.1. The van der Waals surface area contributed by atoms with Crippen molar-refractivity contribution in [3.05, 3.63) is 18.5 Å². The van der Waals surface area contributed by atoms with Gasteiger partial charge >= 0.3 is 5.97 Å². The molecule has 1 amide bonds. The zero-order valence-corrected chi connectivity index (χ0v) is 11.7. The van der Waals surface area contributed by atoms with Crippen LogP contribution in [0.5, 0.6) is 0 Å². The molecule has 110 valence electrons. The van der Waals surface area contributed by atoms with E-state index in [0.717, 1.165) is 12.8 Å². The molecule has 1 aliphatic heterocycles. The molecule has 6 nitrogen and oxygen atoms in total. The van der Waals surface area contributed by atoms with Gasteiger partial charge in [0.15, 0.2) is 0 Å². The molecule has 20 heavy (non-hydrogen) atoms. The summed E-state index contributed by atoms with van der Waals surface area (Å²) in [5.74, 6) is -0.579. The maximum atomic E-state index is 12.2. The minimum absolute atomic E-state index is 0.0950. The lowest BCUT2D eigenvalue weighted by atomic mass is 9.88. The molecule has 2 heterocycles. The van der Waals surface area contributed by atoms with Crippen molar-refractivity contribution in [2.75, 3.05) is 6.54 Å².